The second kappa shape index (κ2) is 6.40. The normalized spacial score (nSPS) is 10.2. The molecule has 0 radical (unpaired) electrons. The molecule has 7 heteroatoms. The zero-order valence-electron chi connectivity index (χ0n) is 9.41. The molecule has 1 heterocycles. The minimum absolute atomic E-state index is 0.116. The smallest absolute Gasteiger partial charge is 0.310 e. The van der Waals surface area contributed by atoms with E-state index in [4.69, 9.17) is 10.00 Å². The van der Waals surface area contributed by atoms with Gasteiger partial charge < -0.3 is 4.74 Å². The number of halogens is 3. The van der Waals surface area contributed by atoms with Gasteiger partial charge in [0.25, 0.3) is 6.43 Å². The lowest BCUT2D eigenvalue weighted by Gasteiger charge is -2.08. The third-order valence-corrected chi connectivity index (χ3v) is 2.73. The van der Waals surface area contributed by atoms with Gasteiger partial charge in [-0.3, -0.25) is 4.79 Å². The number of pyridine rings is 1. The molecule has 0 saturated heterocycles. The summed E-state index contributed by atoms with van der Waals surface area (Å²) in [5.41, 5.74) is -0.501. The highest BCUT2D eigenvalue weighted by molar-refractivity contribution is 9.10. The third-order valence-electron chi connectivity index (χ3n) is 2.05. The predicted octanol–water partition coefficient (Wildman–Crippen LogP) is 2.76. The van der Waals surface area contributed by atoms with Crippen LogP contribution in [0.2, 0.25) is 0 Å². The number of hydrogen-bond acceptors (Lipinski definition) is 4. The number of alkyl halides is 2. The minimum Gasteiger partial charge on any atom is -0.466 e. The van der Waals surface area contributed by atoms with Crippen LogP contribution in [0.3, 0.4) is 0 Å². The predicted molar refractivity (Wildman–Crippen MR) is 61.9 cm³/mol. The van der Waals surface area contributed by atoms with Crippen molar-refractivity contribution in [1.82, 2.24) is 4.98 Å². The number of nitriles is 1. The van der Waals surface area contributed by atoms with Crippen molar-refractivity contribution in [3.05, 3.63) is 27.5 Å². The van der Waals surface area contributed by atoms with Gasteiger partial charge in [0.1, 0.15) is 16.4 Å². The summed E-state index contributed by atoms with van der Waals surface area (Å²) in [4.78, 5) is 14.9. The molecule has 4 nitrogen and oxygen atoms in total. The van der Waals surface area contributed by atoms with Gasteiger partial charge in [-0.2, -0.15) is 5.26 Å². The summed E-state index contributed by atoms with van der Waals surface area (Å²) in [5, 5.41) is 8.77. The molecule has 1 aromatic rings. The zero-order valence-corrected chi connectivity index (χ0v) is 11.0. The quantitative estimate of drug-likeness (QED) is 0.632. The topological polar surface area (TPSA) is 63.0 Å². The summed E-state index contributed by atoms with van der Waals surface area (Å²) >= 11 is 3.00. The second-order valence-corrected chi connectivity index (χ2v) is 4.02. The molecule has 0 spiro atoms. The maximum Gasteiger partial charge on any atom is 0.310 e. The average molecular weight is 319 g/mol. The van der Waals surface area contributed by atoms with Crippen molar-refractivity contribution in [1.29, 1.82) is 5.26 Å². The van der Waals surface area contributed by atoms with Gasteiger partial charge in [-0.25, -0.2) is 13.8 Å². The molecule has 0 atom stereocenters. The van der Waals surface area contributed by atoms with E-state index < -0.39 is 18.1 Å². The van der Waals surface area contributed by atoms with Crippen LogP contribution in [0.4, 0.5) is 8.78 Å². The van der Waals surface area contributed by atoms with E-state index in [1.54, 1.807) is 13.0 Å². The van der Waals surface area contributed by atoms with Crippen LogP contribution in [0.1, 0.15) is 30.2 Å². The molecule has 1 aromatic heterocycles. The molecule has 1 rings (SSSR count). The Morgan fingerprint density at radius 1 is 1.67 bits per heavy atom. The molecule has 0 aromatic carbocycles. The number of nitrogens with zero attached hydrogens (tertiary/aromatic N) is 2. The van der Waals surface area contributed by atoms with Crippen LogP contribution in [0.25, 0.3) is 0 Å². The van der Waals surface area contributed by atoms with Crippen LogP contribution in [0, 0.1) is 11.3 Å². The van der Waals surface area contributed by atoms with Gasteiger partial charge >= 0.3 is 5.97 Å². The van der Waals surface area contributed by atoms with E-state index in [0.717, 1.165) is 0 Å². The van der Waals surface area contributed by atoms with Gasteiger partial charge in [0.2, 0.25) is 0 Å². The SMILES string of the molecule is CCOC(=O)Cc1cc(C#N)c(C(F)F)nc1Br. The van der Waals surface area contributed by atoms with E-state index in [1.807, 2.05) is 0 Å². The van der Waals surface area contributed by atoms with Gasteiger partial charge in [-0.15, -0.1) is 0 Å². The van der Waals surface area contributed by atoms with Gasteiger partial charge in [0.05, 0.1) is 18.6 Å². The van der Waals surface area contributed by atoms with Gasteiger partial charge in [0.15, 0.2) is 0 Å². The van der Waals surface area contributed by atoms with Crippen molar-refractivity contribution in [3.8, 4) is 6.07 Å². The number of esters is 1. The first-order valence-corrected chi connectivity index (χ1v) is 5.82. The fourth-order valence-electron chi connectivity index (χ4n) is 1.29. The first kappa shape index (κ1) is 14.5. The van der Waals surface area contributed by atoms with Crippen LogP contribution < -0.4 is 0 Å². The molecule has 18 heavy (non-hydrogen) atoms. The third kappa shape index (κ3) is 3.47. The highest BCUT2D eigenvalue weighted by Gasteiger charge is 2.19. The fraction of sp³-hybridized carbons (Fsp3) is 0.364. The molecule has 0 bridgehead atoms. The summed E-state index contributed by atoms with van der Waals surface area (Å²) in [7, 11) is 0. The van der Waals surface area contributed by atoms with E-state index in [1.165, 1.54) is 6.07 Å². The molecular formula is C11H9BrF2N2O2. The average Bonchev–Trinajstić information content (AvgIpc) is 2.31. The van der Waals surface area contributed by atoms with E-state index in [2.05, 4.69) is 20.9 Å². The molecule has 0 saturated carbocycles. The number of hydrogen-bond donors (Lipinski definition) is 0. The van der Waals surface area contributed by atoms with Crippen LogP contribution in [0.5, 0.6) is 0 Å². The maximum absolute atomic E-state index is 12.6. The number of carbonyl (C=O) groups excluding carboxylic acids is 1. The Hall–Kier alpha value is -1.55. The van der Waals surface area contributed by atoms with Crippen molar-refractivity contribution in [2.75, 3.05) is 6.61 Å². The number of ether oxygens (including phenoxy) is 1. The van der Waals surface area contributed by atoms with Crippen LogP contribution in [-0.2, 0) is 16.0 Å². The minimum atomic E-state index is -2.84. The highest BCUT2D eigenvalue weighted by Crippen LogP contribution is 2.25. The summed E-state index contributed by atoms with van der Waals surface area (Å²) in [6.07, 6.45) is -2.97. The Morgan fingerprint density at radius 3 is 2.83 bits per heavy atom. The highest BCUT2D eigenvalue weighted by atomic mass is 79.9. The van der Waals surface area contributed by atoms with Crippen molar-refractivity contribution in [3.63, 3.8) is 0 Å². The van der Waals surface area contributed by atoms with Crippen molar-refractivity contribution in [2.45, 2.75) is 19.8 Å². The zero-order chi connectivity index (χ0) is 13.7. The van der Waals surface area contributed by atoms with E-state index >= 15 is 0 Å². The van der Waals surface area contributed by atoms with Crippen molar-refractivity contribution in [2.24, 2.45) is 0 Å². The molecule has 0 amide bonds. The maximum atomic E-state index is 12.6. The molecule has 96 valence electrons. The molecular weight excluding hydrogens is 310 g/mol. The first-order chi connectivity index (χ1) is 8.49. The lowest BCUT2D eigenvalue weighted by Crippen LogP contribution is -2.10. The van der Waals surface area contributed by atoms with Gasteiger partial charge in [-0.05, 0) is 34.5 Å². The Labute approximate surface area is 111 Å². The molecule has 0 aliphatic carbocycles. The number of aromatic nitrogens is 1. The van der Waals surface area contributed by atoms with Crippen molar-refractivity contribution < 1.29 is 18.3 Å². The Bertz CT molecular complexity index is 501. The van der Waals surface area contributed by atoms with E-state index in [-0.39, 0.29) is 23.2 Å². The van der Waals surface area contributed by atoms with E-state index in [9.17, 15) is 13.6 Å². The largest absolute Gasteiger partial charge is 0.466 e. The molecule has 0 aliphatic rings. The standard InChI is InChI=1S/C11H9BrF2N2O2/c1-2-18-8(17)4-6-3-7(5-15)9(11(13)14)16-10(6)12/h3,11H,2,4H2,1H3. The van der Waals surface area contributed by atoms with Crippen LogP contribution >= 0.6 is 15.9 Å². The Morgan fingerprint density at radius 2 is 2.33 bits per heavy atom. The van der Waals surface area contributed by atoms with Gasteiger partial charge in [0, 0.05) is 0 Å². The summed E-state index contributed by atoms with van der Waals surface area (Å²) in [6, 6.07) is 2.85. The van der Waals surface area contributed by atoms with Crippen molar-refractivity contribution >= 4 is 21.9 Å². The Balaban J connectivity index is 3.09. The number of rotatable bonds is 4. The molecule has 0 N–H and O–H groups in total. The number of carbonyl (C=O) groups is 1. The lowest BCUT2D eigenvalue weighted by molar-refractivity contribution is -0.142. The molecule has 0 fully saturated rings. The lowest BCUT2D eigenvalue weighted by atomic mass is 10.1. The molecule has 0 unspecified atom stereocenters. The van der Waals surface area contributed by atoms with Crippen LogP contribution in [-0.4, -0.2) is 17.6 Å². The Kier molecular flexibility index (Phi) is 5.16. The summed E-state index contributed by atoms with van der Waals surface area (Å²) in [6.45, 7) is 1.88. The summed E-state index contributed by atoms with van der Waals surface area (Å²) in [5.74, 6) is -0.506. The van der Waals surface area contributed by atoms with E-state index in [0.29, 0.717) is 5.56 Å². The van der Waals surface area contributed by atoms with Crippen LogP contribution in [0.15, 0.2) is 10.7 Å². The summed E-state index contributed by atoms with van der Waals surface area (Å²) < 4.78 is 30.0. The first-order valence-electron chi connectivity index (χ1n) is 5.02. The molecule has 0 aliphatic heterocycles. The monoisotopic (exact) mass is 318 g/mol. The second-order valence-electron chi connectivity index (χ2n) is 3.27. The fourth-order valence-corrected chi connectivity index (χ4v) is 1.74. The van der Waals surface area contributed by atoms with Gasteiger partial charge in [-0.1, -0.05) is 0 Å².